The van der Waals surface area contributed by atoms with Gasteiger partial charge in [0.25, 0.3) is 10.0 Å². The highest BCUT2D eigenvalue weighted by molar-refractivity contribution is 7.91. The summed E-state index contributed by atoms with van der Waals surface area (Å²) in [7, 11) is -3.81. The second kappa shape index (κ2) is 8.78. The van der Waals surface area contributed by atoms with Gasteiger partial charge in [-0.05, 0) is 56.2 Å². The van der Waals surface area contributed by atoms with Crippen LogP contribution in [0.3, 0.4) is 0 Å². The first-order valence-corrected chi connectivity index (χ1v) is 13.3. The van der Waals surface area contributed by atoms with Gasteiger partial charge < -0.3 is 9.80 Å². The minimum Gasteiger partial charge on any atom is -0.341 e. The molecule has 2 saturated heterocycles. The molecular weight excluding hydrogens is 442 g/mol. The fourth-order valence-corrected chi connectivity index (χ4v) is 7.35. The van der Waals surface area contributed by atoms with E-state index in [1.54, 1.807) is 30.4 Å². The predicted octanol–water partition coefficient (Wildman–Crippen LogP) is 2.76. The number of rotatable bonds is 6. The zero-order valence-electron chi connectivity index (χ0n) is 16.7. The molecule has 162 valence electrons. The van der Waals surface area contributed by atoms with Crippen molar-refractivity contribution in [1.82, 2.24) is 14.5 Å². The van der Waals surface area contributed by atoms with E-state index in [0.717, 1.165) is 42.1 Å². The molecule has 0 spiro atoms. The second-order valence-electron chi connectivity index (χ2n) is 7.65. The average molecular weight is 468 g/mol. The number of thiophene rings is 2. The normalized spacial score (nSPS) is 21.2. The van der Waals surface area contributed by atoms with Crippen LogP contribution >= 0.6 is 22.7 Å². The van der Waals surface area contributed by atoms with E-state index < -0.39 is 22.1 Å². The van der Waals surface area contributed by atoms with Crippen molar-refractivity contribution in [2.45, 2.75) is 48.9 Å². The van der Waals surface area contributed by atoms with Crippen LogP contribution in [0.1, 0.15) is 32.6 Å². The third kappa shape index (κ3) is 4.32. The standard InChI is InChI=1S/C20H25N3O4S3/c1-14(19(24)22-10-3-2-4-11-22)23-12-9-15(20(23)25)21-30(26,27)18-8-7-17(29-18)16-6-5-13-28-16/h5-8,13-15,21H,2-4,9-12H2,1H3/t14-,15-/m0/s1. The molecular formula is C20H25N3O4S3. The van der Waals surface area contributed by atoms with Crippen LogP contribution in [0.4, 0.5) is 0 Å². The molecule has 0 bridgehead atoms. The van der Waals surface area contributed by atoms with Gasteiger partial charge in [0, 0.05) is 29.4 Å². The Morgan fingerprint density at radius 2 is 1.90 bits per heavy atom. The highest BCUT2D eigenvalue weighted by Crippen LogP contribution is 2.33. The summed E-state index contributed by atoms with van der Waals surface area (Å²) in [5.74, 6) is -0.378. The first-order chi connectivity index (χ1) is 14.4. The molecule has 2 aliphatic rings. The van der Waals surface area contributed by atoms with E-state index in [-0.39, 0.29) is 16.0 Å². The molecule has 0 saturated carbocycles. The van der Waals surface area contributed by atoms with Gasteiger partial charge in [-0.25, -0.2) is 8.42 Å². The summed E-state index contributed by atoms with van der Waals surface area (Å²) >= 11 is 2.74. The van der Waals surface area contributed by atoms with Crippen molar-refractivity contribution in [3.63, 3.8) is 0 Å². The SMILES string of the molecule is C[C@@H](C(=O)N1CCCCC1)N1CC[C@H](NS(=O)(=O)c2ccc(-c3cccs3)s2)C1=O. The number of carbonyl (C=O) groups is 2. The van der Waals surface area contributed by atoms with Crippen molar-refractivity contribution >= 4 is 44.5 Å². The highest BCUT2D eigenvalue weighted by Gasteiger charge is 2.40. The number of hydrogen-bond donors (Lipinski definition) is 1. The second-order valence-corrected chi connectivity index (χ2v) is 11.6. The molecule has 2 aromatic heterocycles. The fourth-order valence-electron chi connectivity index (χ4n) is 3.97. The maximum Gasteiger partial charge on any atom is 0.250 e. The van der Waals surface area contributed by atoms with E-state index in [0.29, 0.717) is 13.0 Å². The van der Waals surface area contributed by atoms with E-state index in [9.17, 15) is 18.0 Å². The zero-order chi connectivity index (χ0) is 21.3. The predicted molar refractivity (Wildman–Crippen MR) is 118 cm³/mol. The van der Waals surface area contributed by atoms with Crippen molar-refractivity contribution in [2.75, 3.05) is 19.6 Å². The molecule has 7 nitrogen and oxygen atoms in total. The lowest BCUT2D eigenvalue weighted by atomic mass is 10.1. The number of nitrogens with one attached hydrogen (secondary N) is 1. The Bertz CT molecular complexity index is 1010. The number of nitrogens with zero attached hydrogens (tertiary/aromatic N) is 2. The van der Waals surface area contributed by atoms with Crippen molar-refractivity contribution in [3.05, 3.63) is 29.6 Å². The van der Waals surface area contributed by atoms with E-state index in [1.807, 2.05) is 22.4 Å². The Kier molecular flexibility index (Phi) is 6.29. The molecule has 4 rings (SSSR count). The Morgan fingerprint density at radius 3 is 2.60 bits per heavy atom. The minimum atomic E-state index is -3.81. The average Bonchev–Trinajstić information content (AvgIpc) is 3.49. The maximum atomic E-state index is 12.9. The van der Waals surface area contributed by atoms with Crippen LogP contribution in [0.25, 0.3) is 9.75 Å². The summed E-state index contributed by atoms with van der Waals surface area (Å²) in [5, 5.41) is 1.94. The van der Waals surface area contributed by atoms with Crippen LogP contribution in [0.15, 0.2) is 33.9 Å². The summed E-state index contributed by atoms with van der Waals surface area (Å²) < 4.78 is 28.4. The van der Waals surface area contributed by atoms with E-state index in [1.165, 1.54) is 16.2 Å². The Balaban J connectivity index is 1.41. The number of hydrogen-bond acceptors (Lipinski definition) is 6. The maximum absolute atomic E-state index is 12.9. The first kappa shape index (κ1) is 21.5. The van der Waals surface area contributed by atoms with Crippen LogP contribution in [0.5, 0.6) is 0 Å². The van der Waals surface area contributed by atoms with Gasteiger partial charge in [0.2, 0.25) is 11.8 Å². The minimum absolute atomic E-state index is 0.0506. The van der Waals surface area contributed by atoms with E-state index >= 15 is 0 Å². The largest absolute Gasteiger partial charge is 0.341 e. The molecule has 30 heavy (non-hydrogen) atoms. The van der Waals surface area contributed by atoms with Crippen LogP contribution < -0.4 is 4.72 Å². The van der Waals surface area contributed by atoms with E-state index in [2.05, 4.69) is 4.72 Å². The van der Waals surface area contributed by atoms with Gasteiger partial charge in [-0.1, -0.05) is 6.07 Å². The number of amides is 2. The fraction of sp³-hybridized carbons (Fsp3) is 0.500. The molecule has 2 aromatic rings. The molecule has 0 aliphatic carbocycles. The molecule has 0 unspecified atom stereocenters. The van der Waals surface area contributed by atoms with Gasteiger partial charge in [0.1, 0.15) is 16.3 Å². The van der Waals surface area contributed by atoms with Crippen molar-refractivity contribution in [3.8, 4) is 9.75 Å². The van der Waals surface area contributed by atoms with Gasteiger partial charge in [-0.3, -0.25) is 9.59 Å². The molecule has 0 aromatic carbocycles. The third-order valence-electron chi connectivity index (χ3n) is 5.64. The lowest BCUT2D eigenvalue weighted by Crippen LogP contribution is -2.51. The zero-order valence-corrected chi connectivity index (χ0v) is 19.2. The molecule has 2 atom stereocenters. The van der Waals surface area contributed by atoms with Crippen LogP contribution in [-0.2, 0) is 19.6 Å². The van der Waals surface area contributed by atoms with Gasteiger partial charge >= 0.3 is 0 Å². The Labute approximate surface area is 184 Å². The number of piperidine rings is 1. The van der Waals surface area contributed by atoms with Gasteiger partial charge in [-0.15, -0.1) is 22.7 Å². The summed E-state index contributed by atoms with van der Waals surface area (Å²) in [6.07, 6.45) is 3.46. The summed E-state index contributed by atoms with van der Waals surface area (Å²) in [5.41, 5.74) is 0. The molecule has 10 heteroatoms. The van der Waals surface area contributed by atoms with Crippen molar-refractivity contribution in [1.29, 1.82) is 0 Å². The molecule has 0 radical (unpaired) electrons. The molecule has 1 N–H and O–H groups in total. The Hall–Kier alpha value is -1.75. The van der Waals surface area contributed by atoms with E-state index in [4.69, 9.17) is 0 Å². The van der Waals surface area contributed by atoms with Crippen molar-refractivity contribution < 1.29 is 18.0 Å². The molecule has 2 amide bonds. The van der Waals surface area contributed by atoms with Crippen molar-refractivity contribution in [2.24, 2.45) is 0 Å². The molecule has 2 fully saturated rings. The highest BCUT2D eigenvalue weighted by atomic mass is 32.2. The summed E-state index contributed by atoms with van der Waals surface area (Å²) in [6, 6.07) is 5.81. The van der Waals surface area contributed by atoms with Gasteiger partial charge in [0.15, 0.2) is 0 Å². The van der Waals surface area contributed by atoms with Crippen LogP contribution in [-0.4, -0.2) is 61.7 Å². The lowest BCUT2D eigenvalue weighted by molar-refractivity contribution is -0.143. The lowest BCUT2D eigenvalue weighted by Gasteiger charge is -2.32. The van der Waals surface area contributed by atoms with Crippen LogP contribution in [0, 0.1) is 0 Å². The third-order valence-corrected chi connectivity index (χ3v) is 9.75. The van der Waals surface area contributed by atoms with Crippen LogP contribution in [0.2, 0.25) is 0 Å². The number of carbonyl (C=O) groups excluding carboxylic acids is 2. The number of likely N-dealkylation sites (tertiary alicyclic amines) is 2. The van der Waals surface area contributed by atoms with Gasteiger partial charge in [0.05, 0.1) is 0 Å². The molecule has 4 heterocycles. The topological polar surface area (TPSA) is 86.8 Å². The smallest absolute Gasteiger partial charge is 0.250 e. The first-order valence-electron chi connectivity index (χ1n) is 10.1. The summed E-state index contributed by atoms with van der Waals surface area (Å²) in [6.45, 7) is 3.56. The quantitative estimate of drug-likeness (QED) is 0.708. The monoisotopic (exact) mass is 467 g/mol. The number of sulfonamides is 1. The summed E-state index contributed by atoms with van der Waals surface area (Å²) in [4.78, 5) is 30.8. The van der Waals surface area contributed by atoms with Gasteiger partial charge in [-0.2, -0.15) is 4.72 Å². The molecule has 2 aliphatic heterocycles. The Morgan fingerprint density at radius 1 is 1.13 bits per heavy atom.